The average Bonchev–Trinajstić information content (AvgIpc) is 3.10. The van der Waals surface area contributed by atoms with Crippen molar-refractivity contribution in [3.05, 3.63) is 47.4 Å². The molecule has 0 aliphatic carbocycles. The van der Waals surface area contributed by atoms with Crippen molar-refractivity contribution in [3.8, 4) is 11.8 Å². The Kier molecular flexibility index (Phi) is 3.39. The molecule has 0 spiro atoms. The molecule has 1 aromatic carbocycles. The summed E-state index contributed by atoms with van der Waals surface area (Å²) in [6, 6.07) is 7.77. The normalized spacial score (nSPS) is 10.6. The highest BCUT2D eigenvalue weighted by molar-refractivity contribution is 5.91. The van der Waals surface area contributed by atoms with Gasteiger partial charge in [0.05, 0.1) is 23.6 Å². The molecule has 22 heavy (non-hydrogen) atoms. The van der Waals surface area contributed by atoms with Crippen LogP contribution in [0.15, 0.2) is 30.6 Å². The number of hydrogen-bond acceptors (Lipinski definition) is 4. The summed E-state index contributed by atoms with van der Waals surface area (Å²) in [6.45, 7) is 3.85. The summed E-state index contributed by atoms with van der Waals surface area (Å²) in [5.74, 6) is -0.383. The second-order valence-corrected chi connectivity index (χ2v) is 4.84. The highest BCUT2D eigenvalue weighted by atomic mass is 16.5. The van der Waals surface area contributed by atoms with Crippen molar-refractivity contribution in [1.29, 1.82) is 5.26 Å². The van der Waals surface area contributed by atoms with Gasteiger partial charge in [-0.15, -0.1) is 0 Å². The van der Waals surface area contributed by atoms with Crippen molar-refractivity contribution in [2.45, 2.75) is 13.8 Å². The molecule has 0 aliphatic rings. The Morgan fingerprint density at radius 1 is 1.50 bits per heavy atom. The maximum atomic E-state index is 11.9. The zero-order valence-electron chi connectivity index (χ0n) is 12.3. The molecule has 0 amide bonds. The quantitative estimate of drug-likeness (QED) is 0.753. The van der Waals surface area contributed by atoms with Gasteiger partial charge in [-0.05, 0) is 32.0 Å². The van der Waals surface area contributed by atoms with Crippen LogP contribution in [0.3, 0.4) is 0 Å². The fourth-order valence-corrected chi connectivity index (χ4v) is 2.35. The fourth-order valence-electron chi connectivity index (χ4n) is 2.35. The monoisotopic (exact) mass is 294 g/mol. The summed E-state index contributed by atoms with van der Waals surface area (Å²) >= 11 is 0. The molecule has 1 N–H and O–H groups in total. The Morgan fingerprint density at radius 2 is 2.32 bits per heavy atom. The maximum Gasteiger partial charge on any atom is 0.341 e. The lowest BCUT2D eigenvalue weighted by molar-refractivity contribution is 0.0525. The van der Waals surface area contributed by atoms with Gasteiger partial charge in [0.2, 0.25) is 0 Å². The Labute approximate surface area is 126 Å². The van der Waals surface area contributed by atoms with Gasteiger partial charge in [0.15, 0.2) is 0 Å². The molecule has 0 atom stereocenters. The number of rotatable bonds is 3. The molecule has 0 radical (unpaired) electrons. The maximum absolute atomic E-state index is 11.9. The summed E-state index contributed by atoms with van der Waals surface area (Å²) in [5.41, 5.74) is 3.29. The molecular weight excluding hydrogens is 280 g/mol. The lowest BCUT2D eigenvalue weighted by atomic mass is 10.1. The van der Waals surface area contributed by atoms with E-state index in [1.165, 1.54) is 0 Å². The van der Waals surface area contributed by atoms with E-state index in [9.17, 15) is 4.79 Å². The number of hydrogen-bond donors (Lipinski definition) is 1. The minimum atomic E-state index is -0.383. The Balaban J connectivity index is 2.06. The average molecular weight is 294 g/mol. The van der Waals surface area contributed by atoms with E-state index in [1.807, 2.05) is 18.2 Å². The summed E-state index contributed by atoms with van der Waals surface area (Å²) in [4.78, 5) is 14.9. The summed E-state index contributed by atoms with van der Waals surface area (Å²) in [6.07, 6.45) is 3.32. The van der Waals surface area contributed by atoms with Gasteiger partial charge in [-0.1, -0.05) is 0 Å². The molecule has 0 saturated carbocycles. The first-order valence-corrected chi connectivity index (χ1v) is 6.89. The van der Waals surface area contributed by atoms with Crippen LogP contribution in [0.2, 0.25) is 0 Å². The second-order valence-electron chi connectivity index (χ2n) is 4.84. The van der Waals surface area contributed by atoms with E-state index in [0.717, 1.165) is 16.6 Å². The fraction of sp³-hybridized carbons (Fsp3) is 0.188. The number of fused-ring (bicyclic) bond motifs is 1. The summed E-state index contributed by atoms with van der Waals surface area (Å²) in [5, 5.41) is 14.3. The molecule has 3 rings (SSSR count). The van der Waals surface area contributed by atoms with Gasteiger partial charge in [-0.3, -0.25) is 0 Å². The third-order valence-corrected chi connectivity index (χ3v) is 3.44. The van der Waals surface area contributed by atoms with Crippen LogP contribution in [-0.4, -0.2) is 27.3 Å². The molecule has 3 aromatic rings. The SMILES string of the molecule is CCOC(=O)c1cn(-c2ccc3[nH]cc(C#N)c3c2)nc1C. The minimum Gasteiger partial charge on any atom is -0.462 e. The number of H-pyrrole nitrogens is 1. The standard InChI is InChI=1S/C16H14N4O2/c1-3-22-16(21)14-9-20(19-10(14)2)12-4-5-15-13(6-12)11(7-17)8-18-15/h4-6,8-9,18H,3H2,1-2H3. The van der Waals surface area contributed by atoms with Crippen LogP contribution in [0, 0.1) is 18.3 Å². The number of esters is 1. The van der Waals surface area contributed by atoms with Crippen LogP contribution in [0.1, 0.15) is 28.5 Å². The van der Waals surface area contributed by atoms with Gasteiger partial charge < -0.3 is 9.72 Å². The van der Waals surface area contributed by atoms with Crippen LogP contribution in [-0.2, 0) is 4.74 Å². The third kappa shape index (κ3) is 2.23. The molecule has 0 fully saturated rings. The van der Waals surface area contributed by atoms with Gasteiger partial charge in [0.1, 0.15) is 11.6 Å². The molecule has 6 heteroatoms. The number of nitriles is 1. The number of carbonyl (C=O) groups is 1. The minimum absolute atomic E-state index is 0.324. The molecule has 0 saturated heterocycles. The van der Waals surface area contributed by atoms with Crippen LogP contribution < -0.4 is 0 Å². The van der Waals surface area contributed by atoms with Crippen molar-refractivity contribution in [3.63, 3.8) is 0 Å². The zero-order chi connectivity index (χ0) is 15.7. The Hall–Kier alpha value is -3.07. The van der Waals surface area contributed by atoms with E-state index in [1.54, 1.807) is 30.9 Å². The highest BCUT2D eigenvalue weighted by Crippen LogP contribution is 2.22. The number of nitrogens with one attached hydrogen (secondary N) is 1. The zero-order valence-corrected chi connectivity index (χ0v) is 12.3. The van der Waals surface area contributed by atoms with Gasteiger partial charge in [-0.2, -0.15) is 10.4 Å². The van der Waals surface area contributed by atoms with Crippen molar-refractivity contribution < 1.29 is 9.53 Å². The highest BCUT2D eigenvalue weighted by Gasteiger charge is 2.15. The number of carbonyl (C=O) groups excluding carboxylic acids is 1. The molecule has 0 unspecified atom stereocenters. The lowest BCUT2D eigenvalue weighted by Crippen LogP contribution is -2.04. The van der Waals surface area contributed by atoms with Crippen molar-refractivity contribution in [2.75, 3.05) is 6.61 Å². The van der Waals surface area contributed by atoms with E-state index in [0.29, 0.717) is 23.4 Å². The van der Waals surface area contributed by atoms with Crippen LogP contribution in [0.5, 0.6) is 0 Å². The first-order valence-electron chi connectivity index (χ1n) is 6.89. The van der Waals surface area contributed by atoms with Gasteiger partial charge in [-0.25, -0.2) is 9.48 Å². The number of aromatic nitrogens is 3. The molecule has 110 valence electrons. The smallest absolute Gasteiger partial charge is 0.341 e. The largest absolute Gasteiger partial charge is 0.462 e. The van der Waals surface area contributed by atoms with E-state index >= 15 is 0 Å². The van der Waals surface area contributed by atoms with Gasteiger partial charge in [0, 0.05) is 23.3 Å². The van der Waals surface area contributed by atoms with Crippen molar-refractivity contribution >= 4 is 16.9 Å². The molecule has 0 bridgehead atoms. The Morgan fingerprint density at radius 3 is 3.05 bits per heavy atom. The number of aryl methyl sites for hydroxylation is 1. The summed E-state index contributed by atoms with van der Waals surface area (Å²) in [7, 11) is 0. The molecule has 6 nitrogen and oxygen atoms in total. The third-order valence-electron chi connectivity index (χ3n) is 3.44. The molecular formula is C16H14N4O2. The number of nitrogens with zero attached hydrogens (tertiary/aromatic N) is 3. The number of benzene rings is 1. The first kappa shape index (κ1) is 13.9. The number of ether oxygens (including phenoxy) is 1. The first-order chi connectivity index (χ1) is 10.6. The van der Waals surface area contributed by atoms with Crippen LogP contribution in [0.4, 0.5) is 0 Å². The van der Waals surface area contributed by atoms with Gasteiger partial charge >= 0.3 is 5.97 Å². The van der Waals surface area contributed by atoms with E-state index in [4.69, 9.17) is 10.00 Å². The predicted octanol–water partition coefficient (Wildman–Crippen LogP) is 2.71. The number of aromatic amines is 1. The molecule has 0 aliphatic heterocycles. The Bertz CT molecular complexity index is 899. The van der Waals surface area contributed by atoms with Crippen molar-refractivity contribution in [2.24, 2.45) is 0 Å². The van der Waals surface area contributed by atoms with E-state index in [-0.39, 0.29) is 5.97 Å². The summed E-state index contributed by atoms with van der Waals surface area (Å²) < 4.78 is 6.63. The lowest BCUT2D eigenvalue weighted by Gasteiger charge is -2.01. The van der Waals surface area contributed by atoms with Crippen LogP contribution in [0.25, 0.3) is 16.6 Å². The van der Waals surface area contributed by atoms with E-state index in [2.05, 4.69) is 16.2 Å². The molecule has 2 heterocycles. The van der Waals surface area contributed by atoms with Crippen molar-refractivity contribution in [1.82, 2.24) is 14.8 Å². The predicted molar refractivity (Wildman–Crippen MR) is 80.8 cm³/mol. The van der Waals surface area contributed by atoms with E-state index < -0.39 is 0 Å². The van der Waals surface area contributed by atoms with Crippen LogP contribution >= 0.6 is 0 Å². The molecule has 2 aromatic heterocycles. The second kappa shape index (κ2) is 5.37. The van der Waals surface area contributed by atoms with Gasteiger partial charge in [0.25, 0.3) is 0 Å². The topological polar surface area (TPSA) is 83.7 Å².